The van der Waals surface area contributed by atoms with Gasteiger partial charge in [0.05, 0.1) is 22.7 Å². The molecule has 6 nitrogen and oxygen atoms in total. The third-order valence-electron chi connectivity index (χ3n) is 5.00. The number of carbonyl (C=O) groups excluding carboxylic acids is 2. The molecule has 0 saturated carbocycles. The van der Waals surface area contributed by atoms with Crippen LogP contribution >= 0.6 is 22.9 Å². The molecule has 0 atom stereocenters. The lowest BCUT2D eigenvalue weighted by molar-refractivity contribution is 0.0915. The molecule has 1 N–H and O–H groups in total. The summed E-state index contributed by atoms with van der Waals surface area (Å²) in [6.07, 6.45) is 2.68. The van der Waals surface area contributed by atoms with E-state index in [4.69, 9.17) is 11.6 Å². The minimum atomic E-state index is -0.388. The molecule has 3 aromatic rings. The molecule has 1 aliphatic rings. The third kappa shape index (κ3) is 4.22. The van der Waals surface area contributed by atoms with Crippen LogP contribution in [-0.4, -0.2) is 21.2 Å². The minimum absolute atomic E-state index is 0.0625. The number of benzene rings is 1. The average molecular weight is 442 g/mol. The summed E-state index contributed by atoms with van der Waals surface area (Å²) in [4.78, 5) is 42.4. The van der Waals surface area contributed by atoms with Crippen molar-refractivity contribution in [3.8, 4) is 0 Å². The summed E-state index contributed by atoms with van der Waals surface area (Å²) in [5, 5.41) is 3.70. The van der Waals surface area contributed by atoms with E-state index in [0.717, 1.165) is 11.3 Å². The molecule has 2 heterocycles. The highest BCUT2D eigenvalue weighted by Crippen LogP contribution is 2.38. The molecule has 30 heavy (non-hydrogen) atoms. The van der Waals surface area contributed by atoms with Gasteiger partial charge in [-0.3, -0.25) is 19.7 Å². The highest BCUT2D eigenvalue weighted by molar-refractivity contribution is 7.17. The number of carbonyl (C=O) groups is 2. The zero-order chi connectivity index (χ0) is 21.5. The van der Waals surface area contributed by atoms with Gasteiger partial charge in [0.25, 0.3) is 11.5 Å². The Morgan fingerprint density at radius 1 is 1.20 bits per heavy atom. The number of fused-ring (bicyclic) bond motifs is 1. The molecule has 1 amide bonds. The van der Waals surface area contributed by atoms with Crippen molar-refractivity contribution >= 4 is 39.8 Å². The number of thiazole rings is 1. The van der Waals surface area contributed by atoms with Gasteiger partial charge in [-0.25, -0.2) is 4.98 Å². The maximum Gasteiger partial charge on any atom is 0.258 e. The van der Waals surface area contributed by atoms with Gasteiger partial charge in [-0.15, -0.1) is 0 Å². The van der Waals surface area contributed by atoms with Gasteiger partial charge in [0, 0.05) is 23.7 Å². The zero-order valence-corrected chi connectivity index (χ0v) is 18.1. The van der Waals surface area contributed by atoms with Crippen LogP contribution in [0.1, 0.15) is 51.6 Å². The highest BCUT2D eigenvalue weighted by atomic mass is 35.5. The molecule has 0 radical (unpaired) electrons. The molecule has 0 fully saturated rings. The maximum absolute atomic E-state index is 12.7. The molecule has 1 aliphatic carbocycles. The molecular formula is C22H20ClN3O3S. The lowest BCUT2D eigenvalue weighted by atomic mass is 9.78. The van der Waals surface area contributed by atoms with E-state index in [1.54, 1.807) is 6.07 Å². The molecule has 2 aromatic heterocycles. The van der Waals surface area contributed by atoms with Crippen molar-refractivity contribution in [2.75, 3.05) is 5.32 Å². The van der Waals surface area contributed by atoms with Crippen LogP contribution in [0.3, 0.4) is 0 Å². The number of nitrogens with zero attached hydrogens (tertiary/aromatic N) is 2. The van der Waals surface area contributed by atoms with Gasteiger partial charge in [0.1, 0.15) is 0 Å². The van der Waals surface area contributed by atoms with Gasteiger partial charge < -0.3 is 4.57 Å². The topological polar surface area (TPSA) is 81.1 Å². The summed E-state index contributed by atoms with van der Waals surface area (Å²) in [7, 11) is 0. The molecule has 8 heteroatoms. The molecular weight excluding hydrogens is 422 g/mol. The van der Waals surface area contributed by atoms with E-state index in [1.165, 1.54) is 34.2 Å². The first-order chi connectivity index (χ1) is 14.2. The Bertz CT molecular complexity index is 1210. The first kappa shape index (κ1) is 20.5. The van der Waals surface area contributed by atoms with Crippen molar-refractivity contribution in [3.63, 3.8) is 0 Å². The number of hydrogen-bond donors (Lipinski definition) is 1. The van der Waals surface area contributed by atoms with Gasteiger partial charge >= 0.3 is 0 Å². The Labute approximate surface area is 182 Å². The molecule has 0 bridgehead atoms. The van der Waals surface area contributed by atoms with Gasteiger partial charge in [-0.05, 0) is 29.5 Å². The summed E-state index contributed by atoms with van der Waals surface area (Å²) in [5.41, 5.74) is 1.48. The fourth-order valence-electron chi connectivity index (χ4n) is 3.54. The molecule has 154 valence electrons. The number of pyridine rings is 1. The van der Waals surface area contributed by atoms with Gasteiger partial charge in [-0.1, -0.05) is 55.0 Å². The lowest BCUT2D eigenvalue weighted by Gasteiger charge is -2.26. The molecule has 0 aliphatic heterocycles. The van der Waals surface area contributed by atoms with Crippen LogP contribution in [0.25, 0.3) is 0 Å². The van der Waals surface area contributed by atoms with Gasteiger partial charge in [0.15, 0.2) is 10.9 Å². The number of Topliss-reactive ketones (excluding diaryl/α,β-unsaturated/α-hetero) is 1. The second-order valence-corrected chi connectivity index (χ2v) is 9.57. The van der Waals surface area contributed by atoms with Crippen LogP contribution in [0, 0.1) is 5.41 Å². The highest BCUT2D eigenvalue weighted by Gasteiger charge is 2.34. The van der Waals surface area contributed by atoms with Crippen LogP contribution in [0.5, 0.6) is 0 Å². The summed E-state index contributed by atoms with van der Waals surface area (Å²) in [5.74, 6) is -0.326. The normalized spacial score (nSPS) is 15.0. The number of hydrogen-bond acceptors (Lipinski definition) is 5. The predicted molar refractivity (Wildman–Crippen MR) is 118 cm³/mol. The zero-order valence-electron chi connectivity index (χ0n) is 16.6. The third-order valence-corrected chi connectivity index (χ3v) is 6.42. The van der Waals surface area contributed by atoms with Crippen LogP contribution in [0.15, 0.2) is 47.4 Å². The molecule has 0 saturated heterocycles. The van der Waals surface area contributed by atoms with E-state index in [1.807, 2.05) is 32.0 Å². The number of aromatic nitrogens is 2. The molecule has 0 unspecified atom stereocenters. The van der Waals surface area contributed by atoms with Crippen molar-refractivity contribution in [2.24, 2.45) is 5.41 Å². The monoisotopic (exact) mass is 441 g/mol. The van der Waals surface area contributed by atoms with E-state index < -0.39 is 0 Å². The summed E-state index contributed by atoms with van der Waals surface area (Å²) in [6.45, 7) is 4.33. The van der Waals surface area contributed by atoms with Crippen LogP contribution < -0.4 is 10.9 Å². The fraction of sp³-hybridized carbons (Fsp3) is 0.273. The van der Waals surface area contributed by atoms with Crippen molar-refractivity contribution in [3.05, 3.63) is 79.7 Å². The van der Waals surface area contributed by atoms with Crippen molar-refractivity contribution in [1.29, 1.82) is 0 Å². The SMILES string of the molecule is CC1(C)CC(=O)c2sc(NC(=O)c3ccc(=O)n(Cc4ccccc4Cl)c3)nc2C1. The van der Waals surface area contributed by atoms with E-state index in [2.05, 4.69) is 10.3 Å². The predicted octanol–water partition coefficient (Wildman–Crippen LogP) is 4.41. The van der Waals surface area contributed by atoms with Crippen LogP contribution in [0.2, 0.25) is 5.02 Å². The van der Waals surface area contributed by atoms with Gasteiger partial charge in [0.2, 0.25) is 0 Å². The standard InChI is InChI=1S/C22H20ClN3O3S/c1-22(2)9-16-19(17(27)10-22)30-21(24-16)25-20(29)14-7-8-18(28)26(12-14)11-13-5-3-4-6-15(13)23/h3-8,12H,9-11H2,1-2H3,(H,24,25,29). The number of amides is 1. The second kappa shape index (κ2) is 7.81. The number of rotatable bonds is 4. The Morgan fingerprint density at radius 3 is 2.73 bits per heavy atom. The first-order valence-electron chi connectivity index (χ1n) is 9.50. The number of anilines is 1. The van der Waals surface area contributed by atoms with E-state index >= 15 is 0 Å². The second-order valence-electron chi connectivity index (χ2n) is 8.17. The Balaban J connectivity index is 1.56. The Kier molecular flexibility index (Phi) is 5.34. The number of ketones is 1. The molecule has 1 aromatic carbocycles. The van der Waals surface area contributed by atoms with Gasteiger partial charge in [-0.2, -0.15) is 0 Å². The smallest absolute Gasteiger partial charge is 0.258 e. The van der Waals surface area contributed by atoms with E-state index in [-0.39, 0.29) is 29.2 Å². The lowest BCUT2D eigenvalue weighted by Crippen LogP contribution is -2.26. The van der Waals surface area contributed by atoms with E-state index in [9.17, 15) is 14.4 Å². The van der Waals surface area contributed by atoms with Crippen LogP contribution in [-0.2, 0) is 13.0 Å². The Morgan fingerprint density at radius 2 is 1.97 bits per heavy atom. The van der Waals surface area contributed by atoms with Crippen molar-refractivity contribution in [1.82, 2.24) is 9.55 Å². The van der Waals surface area contributed by atoms with Crippen LogP contribution in [0.4, 0.5) is 5.13 Å². The average Bonchev–Trinajstić information content (AvgIpc) is 3.06. The number of nitrogens with one attached hydrogen (secondary N) is 1. The maximum atomic E-state index is 12.7. The quantitative estimate of drug-likeness (QED) is 0.650. The van der Waals surface area contributed by atoms with Crippen molar-refractivity contribution < 1.29 is 9.59 Å². The summed E-state index contributed by atoms with van der Waals surface area (Å²) < 4.78 is 1.44. The molecule has 4 rings (SSSR count). The summed E-state index contributed by atoms with van der Waals surface area (Å²) in [6, 6.07) is 10.1. The Hall–Kier alpha value is -2.77. The number of halogens is 1. The molecule has 0 spiro atoms. The largest absolute Gasteiger partial charge is 0.310 e. The summed E-state index contributed by atoms with van der Waals surface area (Å²) >= 11 is 7.39. The first-order valence-corrected chi connectivity index (χ1v) is 10.7. The van der Waals surface area contributed by atoms with Crippen molar-refractivity contribution in [2.45, 2.75) is 33.2 Å². The minimum Gasteiger partial charge on any atom is -0.310 e. The van der Waals surface area contributed by atoms with E-state index in [0.29, 0.717) is 33.4 Å². The fourth-order valence-corrected chi connectivity index (χ4v) is 4.65.